The Morgan fingerprint density at radius 2 is 2.12 bits per heavy atom. The van der Waals surface area contributed by atoms with E-state index in [-0.39, 0.29) is 5.56 Å². The number of oxime groups is 1. The molecule has 0 saturated heterocycles. The van der Waals surface area contributed by atoms with Gasteiger partial charge in [0, 0.05) is 12.5 Å². The molecule has 0 saturated carbocycles. The van der Waals surface area contributed by atoms with Crippen molar-refractivity contribution in [3.63, 3.8) is 0 Å². The second kappa shape index (κ2) is 5.05. The van der Waals surface area contributed by atoms with Gasteiger partial charge in [-0.25, -0.2) is 8.78 Å². The van der Waals surface area contributed by atoms with E-state index in [9.17, 15) is 8.78 Å². The number of halogens is 2. The predicted molar refractivity (Wildman–Crippen MR) is 59.8 cm³/mol. The van der Waals surface area contributed by atoms with E-state index in [1.54, 1.807) is 19.1 Å². The standard InChI is InChI=1S/C12H15F2NO/c1-4-16-15-9(2)10-6-5-7-11(8-10)12(3,13)14/h5-8H,4H2,1-3H3/b15-9+. The van der Waals surface area contributed by atoms with Crippen LogP contribution in [0.5, 0.6) is 0 Å². The number of nitrogens with zero attached hydrogens (tertiary/aromatic N) is 1. The van der Waals surface area contributed by atoms with Gasteiger partial charge in [-0.05, 0) is 25.5 Å². The fraction of sp³-hybridized carbons (Fsp3) is 0.417. The molecular formula is C12H15F2NO. The Morgan fingerprint density at radius 1 is 1.44 bits per heavy atom. The molecule has 0 N–H and O–H groups in total. The first-order chi connectivity index (χ1) is 7.45. The van der Waals surface area contributed by atoms with Crippen molar-refractivity contribution in [2.24, 2.45) is 5.16 Å². The lowest BCUT2D eigenvalue weighted by Gasteiger charge is -2.11. The van der Waals surface area contributed by atoms with Gasteiger partial charge in [-0.1, -0.05) is 23.4 Å². The third-order valence-electron chi connectivity index (χ3n) is 2.12. The summed E-state index contributed by atoms with van der Waals surface area (Å²) in [4.78, 5) is 4.88. The van der Waals surface area contributed by atoms with Gasteiger partial charge in [-0.2, -0.15) is 0 Å². The molecule has 0 aliphatic heterocycles. The highest BCUT2D eigenvalue weighted by atomic mass is 19.3. The highest BCUT2D eigenvalue weighted by Crippen LogP contribution is 2.27. The molecule has 0 unspecified atom stereocenters. The summed E-state index contributed by atoms with van der Waals surface area (Å²) in [7, 11) is 0. The van der Waals surface area contributed by atoms with Gasteiger partial charge < -0.3 is 4.84 Å². The summed E-state index contributed by atoms with van der Waals surface area (Å²) in [5.74, 6) is -2.83. The SMILES string of the molecule is CCO/N=C(\C)c1cccc(C(C)(F)F)c1. The van der Waals surface area contributed by atoms with Crippen LogP contribution >= 0.6 is 0 Å². The van der Waals surface area contributed by atoms with Crippen molar-refractivity contribution in [1.82, 2.24) is 0 Å². The van der Waals surface area contributed by atoms with E-state index in [1.165, 1.54) is 12.1 Å². The molecule has 0 aliphatic rings. The van der Waals surface area contributed by atoms with Crippen LogP contribution in [0.2, 0.25) is 0 Å². The summed E-state index contributed by atoms with van der Waals surface area (Å²) in [6.07, 6.45) is 0. The average Bonchev–Trinajstić information content (AvgIpc) is 2.25. The minimum absolute atomic E-state index is 0.0175. The van der Waals surface area contributed by atoms with Crippen molar-refractivity contribution in [3.8, 4) is 0 Å². The van der Waals surface area contributed by atoms with Crippen LogP contribution in [0, 0.1) is 0 Å². The molecule has 16 heavy (non-hydrogen) atoms. The van der Waals surface area contributed by atoms with Crippen LogP contribution in [0.15, 0.2) is 29.4 Å². The Morgan fingerprint density at radius 3 is 2.69 bits per heavy atom. The lowest BCUT2D eigenvalue weighted by atomic mass is 10.0. The summed E-state index contributed by atoms with van der Waals surface area (Å²) < 4.78 is 26.2. The zero-order chi connectivity index (χ0) is 12.2. The van der Waals surface area contributed by atoms with Crippen LogP contribution in [0.1, 0.15) is 31.9 Å². The minimum atomic E-state index is -2.83. The van der Waals surface area contributed by atoms with E-state index in [4.69, 9.17) is 4.84 Å². The molecule has 2 nitrogen and oxygen atoms in total. The second-order valence-corrected chi connectivity index (χ2v) is 3.56. The van der Waals surface area contributed by atoms with Crippen molar-refractivity contribution in [1.29, 1.82) is 0 Å². The third kappa shape index (κ3) is 3.29. The highest BCUT2D eigenvalue weighted by molar-refractivity contribution is 5.98. The maximum atomic E-state index is 13.1. The van der Waals surface area contributed by atoms with Crippen molar-refractivity contribution in [2.45, 2.75) is 26.7 Å². The van der Waals surface area contributed by atoms with E-state index in [0.717, 1.165) is 6.92 Å². The highest BCUT2D eigenvalue weighted by Gasteiger charge is 2.24. The average molecular weight is 227 g/mol. The molecule has 1 aromatic rings. The summed E-state index contributed by atoms with van der Waals surface area (Å²) in [6.45, 7) is 4.87. The Labute approximate surface area is 93.9 Å². The van der Waals surface area contributed by atoms with Gasteiger partial charge in [0.25, 0.3) is 5.92 Å². The molecule has 88 valence electrons. The van der Waals surface area contributed by atoms with Crippen LogP contribution in [0.4, 0.5) is 8.78 Å². The van der Waals surface area contributed by atoms with Gasteiger partial charge in [0.2, 0.25) is 0 Å². The summed E-state index contributed by atoms with van der Waals surface area (Å²) in [5, 5.41) is 3.81. The van der Waals surface area contributed by atoms with Crippen molar-refractivity contribution in [3.05, 3.63) is 35.4 Å². The zero-order valence-corrected chi connectivity index (χ0v) is 9.63. The molecule has 0 atom stereocenters. The summed E-state index contributed by atoms with van der Waals surface area (Å²) in [5.41, 5.74) is 1.22. The Bertz CT molecular complexity index is 383. The topological polar surface area (TPSA) is 21.6 Å². The molecule has 0 amide bonds. The van der Waals surface area contributed by atoms with Crippen LogP contribution in [0.3, 0.4) is 0 Å². The number of hydrogen-bond acceptors (Lipinski definition) is 2. The van der Waals surface area contributed by atoms with Crippen LogP contribution in [-0.2, 0) is 10.8 Å². The van der Waals surface area contributed by atoms with Crippen molar-refractivity contribution < 1.29 is 13.6 Å². The van der Waals surface area contributed by atoms with E-state index in [0.29, 0.717) is 17.9 Å². The van der Waals surface area contributed by atoms with Gasteiger partial charge in [0.05, 0.1) is 5.71 Å². The van der Waals surface area contributed by atoms with Gasteiger partial charge >= 0.3 is 0 Å². The first kappa shape index (κ1) is 12.6. The predicted octanol–water partition coefficient (Wildman–Crippen LogP) is 3.56. The normalized spacial score (nSPS) is 12.7. The Balaban J connectivity index is 2.99. The number of rotatable bonds is 4. The molecule has 0 heterocycles. The van der Waals surface area contributed by atoms with Crippen molar-refractivity contribution >= 4 is 5.71 Å². The van der Waals surface area contributed by atoms with Crippen molar-refractivity contribution in [2.75, 3.05) is 6.61 Å². The maximum absolute atomic E-state index is 13.1. The summed E-state index contributed by atoms with van der Waals surface area (Å²) >= 11 is 0. The van der Waals surface area contributed by atoms with Gasteiger partial charge in [0.15, 0.2) is 0 Å². The second-order valence-electron chi connectivity index (χ2n) is 3.56. The zero-order valence-electron chi connectivity index (χ0n) is 9.63. The lowest BCUT2D eigenvalue weighted by Crippen LogP contribution is -2.08. The summed E-state index contributed by atoms with van der Waals surface area (Å²) in [6, 6.07) is 6.15. The fourth-order valence-electron chi connectivity index (χ4n) is 1.23. The molecule has 0 spiro atoms. The minimum Gasteiger partial charge on any atom is -0.396 e. The number of hydrogen-bond donors (Lipinski definition) is 0. The molecule has 1 aromatic carbocycles. The van der Waals surface area contributed by atoms with E-state index in [1.807, 2.05) is 6.92 Å². The Hall–Kier alpha value is -1.45. The van der Waals surface area contributed by atoms with Crippen LogP contribution < -0.4 is 0 Å². The maximum Gasteiger partial charge on any atom is 0.270 e. The molecule has 0 fully saturated rings. The largest absolute Gasteiger partial charge is 0.396 e. The quantitative estimate of drug-likeness (QED) is 0.569. The molecule has 0 radical (unpaired) electrons. The first-order valence-electron chi connectivity index (χ1n) is 5.10. The van der Waals surface area contributed by atoms with Gasteiger partial charge in [-0.15, -0.1) is 0 Å². The Kier molecular flexibility index (Phi) is 3.99. The van der Waals surface area contributed by atoms with E-state index in [2.05, 4.69) is 5.16 Å². The first-order valence-corrected chi connectivity index (χ1v) is 5.10. The molecule has 1 rings (SSSR count). The lowest BCUT2D eigenvalue weighted by molar-refractivity contribution is 0.0174. The van der Waals surface area contributed by atoms with E-state index >= 15 is 0 Å². The molecular weight excluding hydrogens is 212 g/mol. The van der Waals surface area contributed by atoms with Gasteiger partial charge in [0.1, 0.15) is 6.61 Å². The third-order valence-corrected chi connectivity index (χ3v) is 2.12. The smallest absolute Gasteiger partial charge is 0.270 e. The molecule has 0 aliphatic carbocycles. The van der Waals surface area contributed by atoms with Crippen LogP contribution in [0.25, 0.3) is 0 Å². The molecule has 4 heteroatoms. The molecule has 0 bridgehead atoms. The van der Waals surface area contributed by atoms with Crippen LogP contribution in [-0.4, -0.2) is 12.3 Å². The molecule has 0 aromatic heterocycles. The van der Waals surface area contributed by atoms with Gasteiger partial charge in [-0.3, -0.25) is 0 Å². The van der Waals surface area contributed by atoms with E-state index < -0.39 is 5.92 Å². The number of benzene rings is 1. The number of alkyl halides is 2. The monoisotopic (exact) mass is 227 g/mol. The fourth-order valence-corrected chi connectivity index (χ4v) is 1.23.